The van der Waals surface area contributed by atoms with Gasteiger partial charge < -0.3 is 20.3 Å². The zero-order valence-corrected chi connectivity index (χ0v) is 16.3. The van der Waals surface area contributed by atoms with Crippen LogP contribution < -0.4 is 10.6 Å². The first kappa shape index (κ1) is 20.9. The predicted octanol–water partition coefficient (Wildman–Crippen LogP) is 0.732. The predicted molar refractivity (Wildman–Crippen MR) is 96.4 cm³/mol. The third-order valence-electron chi connectivity index (χ3n) is 3.01. The number of nitrogens with zero attached hydrogens (tertiary/aromatic N) is 2. The molecule has 7 nitrogen and oxygen atoms in total. The van der Waals surface area contributed by atoms with Gasteiger partial charge in [-0.25, -0.2) is 0 Å². The standard InChI is InChI=1S/C14H26N4O3.HI/c1-14(2,3)21-12(20)8-16-13(15-4)17-10-6-7-11(19)18(5)9-10;/h10H,6-9H2,1-5H3,(H2,15,16,17);1H. The molecule has 1 aliphatic heterocycles. The summed E-state index contributed by atoms with van der Waals surface area (Å²) in [5.74, 6) is 0.361. The molecule has 8 heteroatoms. The van der Waals surface area contributed by atoms with Crippen LogP contribution in [0.4, 0.5) is 0 Å². The van der Waals surface area contributed by atoms with Gasteiger partial charge in [-0.3, -0.25) is 14.6 Å². The number of guanidine groups is 1. The molecule has 1 amide bonds. The van der Waals surface area contributed by atoms with E-state index in [2.05, 4.69) is 15.6 Å². The molecule has 0 aromatic rings. The van der Waals surface area contributed by atoms with Crippen LogP contribution in [0, 0.1) is 0 Å². The lowest BCUT2D eigenvalue weighted by atomic mass is 10.1. The number of likely N-dealkylation sites (N-methyl/N-ethyl adjacent to an activating group) is 1. The summed E-state index contributed by atoms with van der Waals surface area (Å²) in [6, 6.07) is 0.137. The van der Waals surface area contributed by atoms with E-state index in [0.29, 0.717) is 18.9 Å². The molecule has 1 aliphatic rings. The van der Waals surface area contributed by atoms with Gasteiger partial charge >= 0.3 is 5.97 Å². The summed E-state index contributed by atoms with van der Waals surface area (Å²) in [4.78, 5) is 28.9. The molecule has 0 aliphatic carbocycles. The number of halogens is 1. The van der Waals surface area contributed by atoms with Crippen LogP contribution in [0.1, 0.15) is 33.6 Å². The zero-order chi connectivity index (χ0) is 16.0. The summed E-state index contributed by atoms with van der Waals surface area (Å²) in [7, 11) is 3.43. The molecule has 0 radical (unpaired) electrons. The maximum atomic E-state index is 11.6. The zero-order valence-electron chi connectivity index (χ0n) is 13.9. The van der Waals surface area contributed by atoms with Gasteiger partial charge in [-0.05, 0) is 27.2 Å². The summed E-state index contributed by atoms with van der Waals surface area (Å²) in [6.45, 7) is 6.16. The lowest BCUT2D eigenvalue weighted by Gasteiger charge is -2.31. The molecular weight excluding hydrogens is 399 g/mol. The van der Waals surface area contributed by atoms with Gasteiger partial charge in [-0.2, -0.15) is 0 Å². The van der Waals surface area contributed by atoms with E-state index in [1.165, 1.54) is 0 Å². The number of ether oxygens (including phenoxy) is 1. The molecule has 1 rings (SSSR count). The number of hydrogen-bond acceptors (Lipinski definition) is 4. The van der Waals surface area contributed by atoms with Crippen molar-refractivity contribution >= 4 is 41.8 Å². The van der Waals surface area contributed by atoms with E-state index in [1.807, 2.05) is 20.8 Å². The van der Waals surface area contributed by atoms with Crippen LogP contribution in [0.15, 0.2) is 4.99 Å². The number of carbonyl (C=O) groups is 2. The van der Waals surface area contributed by atoms with Gasteiger partial charge in [0.2, 0.25) is 5.91 Å². The number of likely N-dealkylation sites (tertiary alicyclic amines) is 1. The maximum Gasteiger partial charge on any atom is 0.325 e. The molecule has 128 valence electrons. The van der Waals surface area contributed by atoms with Crippen molar-refractivity contribution in [1.29, 1.82) is 0 Å². The smallest absolute Gasteiger partial charge is 0.325 e. The van der Waals surface area contributed by atoms with E-state index in [0.717, 1.165) is 6.42 Å². The second kappa shape index (κ2) is 9.16. The van der Waals surface area contributed by atoms with Crippen LogP contribution >= 0.6 is 24.0 Å². The monoisotopic (exact) mass is 426 g/mol. The minimum absolute atomic E-state index is 0. The molecule has 0 aromatic carbocycles. The first-order valence-corrected chi connectivity index (χ1v) is 7.14. The van der Waals surface area contributed by atoms with E-state index in [1.54, 1.807) is 19.0 Å². The van der Waals surface area contributed by atoms with Crippen molar-refractivity contribution in [2.75, 3.05) is 27.2 Å². The molecule has 0 saturated carbocycles. The fourth-order valence-electron chi connectivity index (χ4n) is 2.05. The Balaban J connectivity index is 0.00000441. The third kappa shape index (κ3) is 7.81. The Morgan fingerprint density at radius 2 is 2.09 bits per heavy atom. The Bertz CT molecular complexity index is 421. The molecule has 1 heterocycles. The summed E-state index contributed by atoms with van der Waals surface area (Å²) >= 11 is 0. The van der Waals surface area contributed by atoms with Gasteiger partial charge in [-0.1, -0.05) is 0 Å². The van der Waals surface area contributed by atoms with Gasteiger partial charge in [0.25, 0.3) is 0 Å². The van der Waals surface area contributed by atoms with E-state index in [-0.39, 0.29) is 48.4 Å². The molecular formula is C14H27IN4O3. The highest BCUT2D eigenvalue weighted by Gasteiger charge is 2.23. The number of nitrogens with one attached hydrogen (secondary N) is 2. The Morgan fingerprint density at radius 3 is 2.59 bits per heavy atom. The van der Waals surface area contributed by atoms with Crippen molar-refractivity contribution in [2.45, 2.75) is 45.3 Å². The summed E-state index contributed by atoms with van der Waals surface area (Å²) in [5, 5.41) is 6.14. The molecule has 1 fully saturated rings. The van der Waals surface area contributed by atoms with Crippen LogP contribution in [0.5, 0.6) is 0 Å². The first-order chi connectivity index (χ1) is 9.71. The van der Waals surface area contributed by atoms with E-state index in [9.17, 15) is 9.59 Å². The second-order valence-corrected chi connectivity index (χ2v) is 6.17. The normalized spacial score (nSPS) is 19.3. The SMILES string of the molecule is CN=C(NCC(=O)OC(C)(C)C)NC1CCC(=O)N(C)C1.I. The molecule has 1 saturated heterocycles. The van der Waals surface area contributed by atoms with Crippen molar-refractivity contribution in [3.8, 4) is 0 Å². The molecule has 0 aromatic heterocycles. The average molecular weight is 426 g/mol. The average Bonchev–Trinajstić information content (AvgIpc) is 2.36. The number of piperidine rings is 1. The molecule has 1 unspecified atom stereocenters. The number of aliphatic imine (C=N–C) groups is 1. The Kier molecular flexibility index (Phi) is 8.72. The van der Waals surface area contributed by atoms with E-state index >= 15 is 0 Å². The highest BCUT2D eigenvalue weighted by Crippen LogP contribution is 2.09. The minimum Gasteiger partial charge on any atom is -0.459 e. The summed E-state index contributed by atoms with van der Waals surface area (Å²) in [6.07, 6.45) is 1.29. The minimum atomic E-state index is -0.498. The van der Waals surface area contributed by atoms with Crippen molar-refractivity contribution < 1.29 is 14.3 Å². The van der Waals surface area contributed by atoms with Gasteiger partial charge in [0.15, 0.2) is 5.96 Å². The van der Waals surface area contributed by atoms with Crippen LogP contribution in [0.25, 0.3) is 0 Å². The summed E-state index contributed by atoms with van der Waals surface area (Å²) in [5.41, 5.74) is -0.498. The van der Waals surface area contributed by atoms with Gasteiger partial charge in [0, 0.05) is 33.1 Å². The second-order valence-electron chi connectivity index (χ2n) is 6.17. The summed E-state index contributed by atoms with van der Waals surface area (Å²) < 4.78 is 5.22. The first-order valence-electron chi connectivity index (χ1n) is 7.14. The Hall–Kier alpha value is -1.06. The molecule has 0 bridgehead atoms. The number of esters is 1. The highest BCUT2D eigenvalue weighted by molar-refractivity contribution is 14.0. The fourth-order valence-corrected chi connectivity index (χ4v) is 2.05. The van der Waals surface area contributed by atoms with E-state index < -0.39 is 5.60 Å². The number of hydrogen-bond donors (Lipinski definition) is 2. The molecule has 0 spiro atoms. The lowest BCUT2D eigenvalue weighted by Crippen LogP contribution is -2.52. The van der Waals surface area contributed by atoms with Crippen molar-refractivity contribution in [3.63, 3.8) is 0 Å². The molecule has 1 atom stereocenters. The fraction of sp³-hybridized carbons (Fsp3) is 0.786. The van der Waals surface area contributed by atoms with Gasteiger partial charge in [0.1, 0.15) is 12.1 Å². The van der Waals surface area contributed by atoms with Gasteiger partial charge in [0.05, 0.1) is 0 Å². The van der Waals surface area contributed by atoms with Crippen molar-refractivity contribution in [1.82, 2.24) is 15.5 Å². The van der Waals surface area contributed by atoms with Crippen LogP contribution in [0.3, 0.4) is 0 Å². The molecule has 2 N–H and O–H groups in total. The molecule has 22 heavy (non-hydrogen) atoms. The lowest BCUT2D eigenvalue weighted by molar-refractivity contribution is -0.153. The topological polar surface area (TPSA) is 83.0 Å². The maximum absolute atomic E-state index is 11.6. The van der Waals surface area contributed by atoms with E-state index in [4.69, 9.17) is 4.74 Å². The number of rotatable bonds is 3. The van der Waals surface area contributed by atoms with Crippen LogP contribution in [0.2, 0.25) is 0 Å². The Labute approximate surface area is 149 Å². The number of amides is 1. The van der Waals surface area contributed by atoms with Crippen molar-refractivity contribution in [2.24, 2.45) is 4.99 Å². The number of carbonyl (C=O) groups excluding carboxylic acids is 2. The highest BCUT2D eigenvalue weighted by atomic mass is 127. The van der Waals surface area contributed by atoms with Crippen LogP contribution in [-0.2, 0) is 14.3 Å². The van der Waals surface area contributed by atoms with Gasteiger partial charge in [-0.15, -0.1) is 24.0 Å². The van der Waals surface area contributed by atoms with Crippen molar-refractivity contribution in [3.05, 3.63) is 0 Å². The quantitative estimate of drug-likeness (QED) is 0.301. The van der Waals surface area contributed by atoms with Crippen LogP contribution in [-0.4, -0.2) is 61.6 Å². The Morgan fingerprint density at radius 1 is 1.45 bits per heavy atom. The third-order valence-corrected chi connectivity index (χ3v) is 3.01. The largest absolute Gasteiger partial charge is 0.459 e.